The SMILES string of the molecule is CCOc1cc(CNC2CCCC2)ccc1OCc1ccccc1. The molecule has 0 aromatic heterocycles. The van der Waals surface area contributed by atoms with Crippen molar-refractivity contribution in [2.75, 3.05) is 6.61 Å². The Morgan fingerprint density at radius 3 is 2.46 bits per heavy atom. The van der Waals surface area contributed by atoms with Crippen LogP contribution in [0.3, 0.4) is 0 Å². The molecule has 1 N–H and O–H groups in total. The van der Waals surface area contributed by atoms with Crippen molar-refractivity contribution in [1.82, 2.24) is 5.32 Å². The molecule has 2 aromatic rings. The van der Waals surface area contributed by atoms with E-state index in [0.717, 1.165) is 23.6 Å². The van der Waals surface area contributed by atoms with Crippen molar-refractivity contribution in [3.63, 3.8) is 0 Å². The smallest absolute Gasteiger partial charge is 0.161 e. The van der Waals surface area contributed by atoms with Gasteiger partial charge in [0, 0.05) is 12.6 Å². The first kappa shape index (κ1) is 16.8. The average molecular weight is 325 g/mol. The lowest BCUT2D eigenvalue weighted by molar-refractivity contribution is 0.269. The molecule has 0 heterocycles. The lowest BCUT2D eigenvalue weighted by atomic mass is 10.1. The second-order valence-electron chi connectivity index (χ2n) is 6.35. The zero-order valence-corrected chi connectivity index (χ0v) is 14.5. The van der Waals surface area contributed by atoms with Gasteiger partial charge >= 0.3 is 0 Å². The highest BCUT2D eigenvalue weighted by Crippen LogP contribution is 2.29. The fourth-order valence-corrected chi connectivity index (χ4v) is 3.18. The Morgan fingerprint density at radius 2 is 1.71 bits per heavy atom. The number of hydrogen-bond acceptors (Lipinski definition) is 3. The standard InChI is InChI=1S/C21H27NO2/c1-2-23-21-14-18(15-22-19-10-6-7-11-19)12-13-20(21)24-16-17-8-4-3-5-9-17/h3-5,8-9,12-14,19,22H,2,6-7,10-11,15-16H2,1H3. The Morgan fingerprint density at radius 1 is 0.917 bits per heavy atom. The molecular formula is C21H27NO2. The lowest BCUT2D eigenvalue weighted by Crippen LogP contribution is -2.25. The molecule has 0 radical (unpaired) electrons. The molecule has 2 aromatic carbocycles. The van der Waals surface area contributed by atoms with Crippen LogP contribution in [0.15, 0.2) is 48.5 Å². The molecule has 0 amide bonds. The molecule has 1 fully saturated rings. The van der Waals surface area contributed by atoms with E-state index in [9.17, 15) is 0 Å². The molecule has 0 aliphatic heterocycles. The van der Waals surface area contributed by atoms with Gasteiger partial charge in [-0.1, -0.05) is 49.2 Å². The van der Waals surface area contributed by atoms with Gasteiger partial charge in [-0.25, -0.2) is 0 Å². The summed E-state index contributed by atoms with van der Waals surface area (Å²) in [4.78, 5) is 0. The highest BCUT2D eigenvalue weighted by molar-refractivity contribution is 5.43. The molecule has 0 spiro atoms. The minimum atomic E-state index is 0.556. The third-order valence-electron chi connectivity index (χ3n) is 4.50. The van der Waals surface area contributed by atoms with Crippen LogP contribution in [0.1, 0.15) is 43.7 Å². The second kappa shape index (κ2) is 8.74. The van der Waals surface area contributed by atoms with Gasteiger partial charge < -0.3 is 14.8 Å². The maximum atomic E-state index is 5.96. The fraction of sp³-hybridized carbons (Fsp3) is 0.429. The Labute approximate surface area is 145 Å². The molecule has 1 aliphatic rings. The van der Waals surface area contributed by atoms with Crippen LogP contribution in [-0.2, 0) is 13.2 Å². The molecule has 1 saturated carbocycles. The van der Waals surface area contributed by atoms with E-state index in [2.05, 4.69) is 29.6 Å². The van der Waals surface area contributed by atoms with Crippen molar-refractivity contribution in [1.29, 1.82) is 0 Å². The van der Waals surface area contributed by atoms with Gasteiger partial charge in [0.2, 0.25) is 0 Å². The summed E-state index contributed by atoms with van der Waals surface area (Å²) in [7, 11) is 0. The Hall–Kier alpha value is -2.00. The van der Waals surface area contributed by atoms with Crippen LogP contribution >= 0.6 is 0 Å². The Balaban J connectivity index is 1.62. The summed E-state index contributed by atoms with van der Waals surface area (Å²) >= 11 is 0. The first-order chi connectivity index (χ1) is 11.8. The van der Waals surface area contributed by atoms with E-state index >= 15 is 0 Å². The molecule has 24 heavy (non-hydrogen) atoms. The number of hydrogen-bond donors (Lipinski definition) is 1. The minimum absolute atomic E-state index is 0.556. The van der Waals surface area contributed by atoms with E-state index in [-0.39, 0.29) is 0 Å². The molecule has 1 aliphatic carbocycles. The summed E-state index contributed by atoms with van der Waals surface area (Å²) in [5.41, 5.74) is 2.41. The largest absolute Gasteiger partial charge is 0.490 e. The average Bonchev–Trinajstić information content (AvgIpc) is 3.14. The van der Waals surface area contributed by atoms with Gasteiger partial charge in [-0.05, 0) is 43.0 Å². The molecule has 3 heteroatoms. The Bertz CT molecular complexity index is 621. The predicted octanol–water partition coefficient (Wildman–Crippen LogP) is 4.70. The van der Waals surface area contributed by atoms with Gasteiger partial charge in [0.15, 0.2) is 11.5 Å². The van der Waals surface area contributed by atoms with Gasteiger partial charge in [-0.2, -0.15) is 0 Å². The van der Waals surface area contributed by atoms with E-state index in [0.29, 0.717) is 19.3 Å². The van der Waals surface area contributed by atoms with E-state index < -0.39 is 0 Å². The molecule has 3 rings (SSSR count). The van der Waals surface area contributed by atoms with Crippen molar-refractivity contribution in [2.45, 2.75) is 51.8 Å². The molecular weight excluding hydrogens is 298 g/mol. The topological polar surface area (TPSA) is 30.5 Å². The summed E-state index contributed by atoms with van der Waals surface area (Å²) in [6.45, 7) is 4.09. The van der Waals surface area contributed by atoms with Gasteiger partial charge in [-0.3, -0.25) is 0 Å². The summed E-state index contributed by atoms with van der Waals surface area (Å²) < 4.78 is 11.7. The quantitative estimate of drug-likeness (QED) is 0.763. The van der Waals surface area contributed by atoms with Crippen LogP contribution in [-0.4, -0.2) is 12.6 Å². The predicted molar refractivity (Wildman–Crippen MR) is 97.5 cm³/mol. The minimum Gasteiger partial charge on any atom is -0.490 e. The van der Waals surface area contributed by atoms with Crippen molar-refractivity contribution in [3.05, 3.63) is 59.7 Å². The third kappa shape index (κ3) is 4.75. The first-order valence-corrected chi connectivity index (χ1v) is 9.01. The molecule has 128 valence electrons. The van der Waals surface area contributed by atoms with Gasteiger partial charge in [0.1, 0.15) is 6.61 Å². The molecule has 0 unspecified atom stereocenters. The van der Waals surface area contributed by atoms with Crippen molar-refractivity contribution in [2.24, 2.45) is 0 Å². The highest BCUT2D eigenvalue weighted by Gasteiger charge is 2.14. The maximum Gasteiger partial charge on any atom is 0.161 e. The van der Waals surface area contributed by atoms with Crippen LogP contribution in [0.25, 0.3) is 0 Å². The van der Waals surface area contributed by atoms with Crippen molar-refractivity contribution < 1.29 is 9.47 Å². The van der Waals surface area contributed by atoms with E-state index in [1.165, 1.54) is 31.2 Å². The maximum absolute atomic E-state index is 5.96. The first-order valence-electron chi connectivity index (χ1n) is 9.01. The van der Waals surface area contributed by atoms with E-state index in [1.807, 2.05) is 31.2 Å². The normalized spacial score (nSPS) is 14.7. The summed E-state index contributed by atoms with van der Waals surface area (Å²) in [5, 5.41) is 3.65. The molecule has 0 saturated heterocycles. The lowest BCUT2D eigenvalue weighted by Gasteiger charge is -2.15. The van der Waals surface area contributed by atoms with Crippen LogP contribution < -0.4 is 14.8 Å². The van der Waals surface area contributed by atoms with Crippen LogP contribution in [0.5, 0.6) is 11.5 Å². The van der Waals surface area contributed by atoms with E-state index in [4.69, 9.17) is 9.47 Å². The second-order valence-corrected chi connectivity index (χ2v) is 6.35. The zero-order valence-electron chi connectivity index (χ0n) is 14.5. The van der Waals surface area contributed by atoms with Crippen LogP contribution in [0.2, 0.25) is 0 Å². The molecule has 0 atom stereocenters. The van der Waals surface area contributed by atoms with Crippen molar-refractivity contribution in [3.8, 4) is 11.5 Å². The highest BCUT2D eigenvalue weighted by atomic mass is 16.5. The van der Waals surface area contributed by atoms with Gasteiger partial charge in [0.05, 0.1) is 6.61 Å². The summed E-state index contributed by atoms with van der Waals surface area (Å²) in [6, 6.07) is 17.1. The molecule has 3 nitrogen and oxygen atoms in total. The number of rotatable bonds is 8. The Kier molecular flexibility index (Phi) is 6.13. The number of benzene rings is 2. The summed E-state index contributed by atoms with van der Waals surface area (Å²) in [5.74, 6) is 1.64. The fourth-order valence-electron chi connectivity index (χ4n) is 3.18. The van der Waals surface area contributed by atoms with Crippen molar-refractivity contribution >= 4 is 0 Å². The van der Waals surface area contributed by atoms with E-state index in [1.54, 1.807) is 0 Å². The van der Waals surface area contributed by atoms with Crippen LogP contribution in [0, 0.1) is 0 Å². The summed E-state index contributed by atoms with van der Waals surface area (Å²) in [6.07, 6.45) is 5.31. The number of ether oxygens (including phenoxy) is 2. The third-order valence-corrected chi connectivity index (χ3v) is 4.50. The zero-order chi connectivity index (χ0) is 16.6. The monoisotopic (exact) mass is 325 g/mol. The van der Waals surface area contributed by atoms with Gasteiger partial charge in [-0.15, -0.1) is 0 Å². The number of nitrogens with one attached hydrogen (secondary N) is 1. The molecule has 0 bridgehead atoms. The van der Waals surface area contributed by atoms with Crippen LogP contribution in [0.4, 0.5) is 0 Å². The van der Waals surface area contributed by atoms with Gasteiger partial charge in [0.25, 0.3) is 0 Å².